The van der Waals surface area contributed by atoms with Gasteiger partial charge in [-0.1, -0.05) is 25.2 Å². The van der Waals surface area contributed by atoms with E-state index >= 15 is 0 Å². The minimum Gasteiger partial charge on any atom is -0.387 e. The number of hydrogen-bond donors (Lipinski definition) is 1. The zero-order valence-electron chi connectivity index (χ0n) is 12.4. The van der Waals surface area contributed by atoms with Crippen LogP contribution in [0.15, 0.2) is 0 Å². The first-order chi connectivity index (χ1) is 8.84. The minimum absolute atomic E-state index is 0.133. The van der Waals surface area contributed by atoms with Crippen molar-refractivity contribution in [3.8, 4) is 0 Å². The van der Waals surface area contributed by atoms with Crippen molar-refractivity contribution in [3.05, 3.63) is 10.6 Å². The Labute approximate surface area is 119 Å². The Balaban J connectivity index is 2.23. The van der Waals surface area contributed by atoms with Crippen LogP contribution < -0.4 is 4.90 Å². The SMILES string of the molecule is COCC(C)N(C)c1nc2c(s1)C(O)CC(C)(C)C2. The summed E-state index contributed by atoms with van der Waals surface area (Å²) >= 11 is 1.62. The molecule has 2 rings (SSSR count). The molecule has 0 spiro atoms. The molecule has 1 N–H and O–H groups in total. The number of aliphatic hydroxyl groups excluding tert-OH is 1. The summed E-state index contributed by atoms with van der Waals surface area (Å²) in [5.74, 6) is 0. The molecule has 2 unspecified atom stereocenters. The Hall–Kier alpha value is -0.650. The molecule has 1 aromatic heterocycles. The number of likely N-dealkylation sites (N-methyl/N-ethyl adjacent to an activating group) is 1. The molecule has 108 valence electrons. The largest absolute Gasteiger partial charge is 0.387 e. The van der Waals surface area contributed by atoms with E-state index in [1.165, 1.54) is 0 Å². The van der Waals surface area contributed by atoms with Gasteiger partial charge in [-0.05, 0) is 25.2 Å². The van der Waals surface area contributed by atoms with Gasteiger partial charge in [0.05, 0.1) is 29.3 Å². The van der Waals surface area contributed by atoms with E-state index in [1.54, 1.807) is 18.4 Å². The summed E-state index contributed by atoms with van der Waals surface area (Å²) < 4.78 is 5.19. The van der Waals surface area contributed by atoms with Crippen LogP contribution in [0.3, 0.4) is 0 Å². The van der Waals surface area contributed by atoms with E-state index in [2.05, 4.69) is 25.7 Å². The lowest BCUT2D eigenvalue weighted by molar-refractivity contribution is 0.102. The third-order valence-corrected chi connectivity index (χ3v) is 5.07. The van der Waals surface area contributed by atoms with Crippen molar-refractivity contribution >= 4 is 16.5 Å². The summed E-state index contributed by atoms with van der Waals surface area (Å²) in [4.78, 5) is 7.91. The van der Waals surface area contributed by atoms with Crippen LogP contribution in [0.25, 0.3) is 0 Å². The second-order valence-corrected chi connectivity index (χ2v) is 7.29. The first kappa shape index (κ1) is 14.8. The second-order valence-electron chi connectivity index (χ2n) is 6.28. The van der Waals surface area contributed by atoms with Gasteiger partial charge in [0.25, 0.3) is 0 Å². The maximum absolute atomic E-state index is 10.3. The van der Waals surface area contributed by atoms with Gasteiger partial charge in [-0.25, -0.2) is 4.98 Å². The van der Waals surface area contributed by atoms with Crippen molar-refractivity contribution in [2.75, 3.05) is 25.7 Å². The van der Waals surface area contributed by atoms with Crippen molar-refractivity contribution in [3.63, 3.8) is 0 Å². The monoisotopic (exact) mass is 284 g/mol. The van der Waals surface area contributed by atoms with Gasteiger partial charge in [-0.15, -0.1) is 0 Å². The highest BCUT2D eigenvalue weighted by Gasteiger charge is 2.34. The molecule has 4 nitrogen and oxygen atoms in total. The van der Waals surface area contributed by atoms with Gasteiger partial charge < -0.3 is 14.7 Å². The summed E-state index contributed by atoms with van der Waals surface area (Å²) in [6.45, 7) is 7.17. The fourth-order valence-corrected chi connectivity index (χ4v) is 3.70. The van der Waals surface area contributed by atoms with E-state index in [-0.39, 0.29) is 17.6 Å². The molecule has 0 aliphatic heterocycles. The molecular weight excluding hydrogens is 260 g/mol. The first-order valence-corrected chi connectivity index (χ1v) is 7.55. The maximum atomic E-state index is 10.3. The molecule has 1 aliphatic rings. The molecule has 0 fully saturated rings. The quantitative estimate of drug-likeness (QED) is 0.923. The lowest BCUT2D eigenvalue weighted by atomic mass is 9.77. The number of aromatic nitrogens is 1. The van der Waals surface area contributed by atoms with Crippen molar-refractivity contribution < 1.29 is 9.84 Å². The van der Waals surface area contributed by atoms with Crippen LogP contribution in [0, 0.1) is 5.41 Å². The van der Waals surface area contributed by atoms with Crippen LogP contribution in [0.2, 0.25) is 0 Å². The Morgan fingerprint density at radius 1 is 1.58 bits per heavy atom. The molecule has 0 radical (unpaired) electrons. The smallest absolute Gasteiger partial charge is 0.185 e. The van der Waals surface area contributed by atoms with Gasteiger partial charge >= 0.3 is 0 Å². The summed E-state index contributed by atoms with van der Waals surface area (Å²) in [5, 5.41) is 11.2. The van der Waals surface area contributed by atoms with Crippen LogP contribution in [0.5, 0.6) is 0 Å². The van der Waals surface area contributed by atoms with Gasteiger partial charge in [0, 0.05) is 14.2 Å². The van der Waals surface area contributed by atoms with Gasteiger partial charge in [-0.2, -0.15) is 0 Å². The Morgan fingerprint density at radius 3 is 2.89 bits per heavy atom. The Kier molecular flexibility index (Phi) is 4.18. The van der Waals surface area contributed by atoms with Crippen LogP contribution in [0.4, 0.5) is 5.13 Å². The fourth-order valence-electron chi connectivity index (χ4n) is 2.57. The van der Waals surface area contributed by atoms with Crippen molar-refractivity contribution in [1.29, 1.82) is 0 Å². The molecule has 1 aromatic rings. The Morgan fingerprint density at radius 2 is 2.26 bits per heavy atom. The summed E-state index contributed by atoms with van der Waals surface area (Å²) in [6, 6.07) is 0.280. The number of anilines is 1. The maximum Gasteiger partial charge on any atom is 0.185 e. The van der Waals surface area contributed by atoms with Crippen molar-refractivity contribution in [2.45, 2.75) is 45.8 Å². The minimum atomic E-state index is -0.365. The molecule has 5 heteroatoms. The van der Waals surface area contributed by atoms with E-state index in [4.69, 9.17) is 9.72 Å². The molecule has 0 aromatic carbocycles. The molecule has 1 heterocycles. The number of hydrogen-bond acceptors (Lipinski definition) is 5. The average molecular weight is 284 g/mol. The van der Waals surface area contributed by atoms with Crippen LogP contribution >= 0.6 is 11.3 Å². The van der Waals surface area contributed by atoms with Crippen LogP contribution in [0.1, 0.15) is 43.9 Å². The zero-order valence-corrected chi connectivity index (χ0v) is 13.3. The number of ether oxygens (including phenoxy) is 1. The molecule has 0 saturated heterocycles. The van der Waals surface area contributed by atoms with Crippen LogP contribution in [-0.4, -0.2) is 36.9 Å². The fraction of sp³-hybridized carbons (Fsp3) is 0.786. The molecular formula is C14H24N2O2S. The summed E-state index contributed by atoms with van der Waals surface area (Å²) in [5.41, 5.74) is 1.20. The van der Waals surface area contributed by atoms with E-state index in [0.29, 0.717) is 6.61 Å². The molecule has 0 saturated carbocycles. The predicted octanol–water partition coefficient (Wildman–Crippen LogP) is 2.62. The number of fused-ring (bicyclic) bond motifs is 1. The standard InChI is InChI=1S/C14H24N2O2S/c1-9(8-18-5)16(4)13-15-10-6-14(2,3)7-11(17)12(10)19-13/h9,11,17H,6-8H2,1-5H3. The molecule has 1 aliphatic carbocycles. The lowest BCUT2D eigenvalue weighted by Crippen LogP contribution is -2.32. The highest BCUT2D eigenvalue weighted by molar-refractivity contribution is 7.15. The summed E-state index contributed by atoms with van der Waals surface area (Å²) in [6.07, 6.45) is 1.40. The molecule has 0 bridgehead atoms. The van der Waals surface area contributed by atoms with E-state index < -0.39 is 0 Å². The van der Waals surface area contributed by atoms with Crippen LogP contribution in [-0.2, 0) is 11.2 Å². The lowest BCUT2D eigenvalue weighted by Gasteiger charge is -2.31. The average Bonchev–Trinajstić information content (AvgIpc) is 2.70. The third-order valence-electron chi connectivity index (χ3n) is 3.78. The normalized spacial score (nSPS) is 22.9. The second kappa shape index (κ2) is 5.38. The number of nitrogens with zero attached hydrogens (tertiary/aromatic N) is 2. The number of thiazole rings is 1. The number of aliphatic hydroxyl groups is 1. The zero-order chi connectivity index (χ0) is 14.2. The van der Waals surface area contributed by atoms with Gasteiger partial charge in [0.2, 0.25) is 0 Å². The first-order valence-electron chi connectivity index (χ1n) is 6.73. The predicted molar refractivity (Wildman–Crippen MR) is 78.9 cm³/mol. The Bertz CT molecular complexity index is 445. The molecule has 2 atom stereocenters. The van der Waals surface area contributed by atoms with E-state index in [1.807, 2.05) is 7.05 Å². The van der Waals surface area contributed by atoms with Crippen molar-refractivity contribution in [2.24, 2.45) is 5.41 Å². The number of rotatable bonds is 4. The topological polar surface area (TPSA) is 45.6 Å². The third kappa shape index (κ3) is 3.09. The van der Waals surface area contributed by atoms with Gasteiger partial charge in [0.15, 0.2) is 5.13 Å². The molecule has 19 heavy (non-hydrogen) atoms. The number of methoxy groups -OCH3 is 1. The van der Waals surface area contributed by atoms with Crippen molar-refractivity contribution in [1.82, 2.24) is 4.98 Å². The summed E-state index contributed by atoms with van der Waals surface area (Å²) in [7, 11) is 3.75. The highest BCUT2D eigenvalue weighted by Crippen LogP contribution is 2.44. The highest BCUT2D eigenvalue weighted by atomic mass is 32.1. The van der Waals surface area contributed by atoms with E-state index in [0.717, 1.165) is 28.5 Å². The van der Waals surface area contributed by atoms with E-state index in [9.17, 15) is 5.11 Å². The van der Waals surface area contributed by atoms with Gasteiger partial charge in [0.1, 0.15) is 0 Å². The molecule has 0 amide bonds. The van der Waals surface area contributed by atoms with Gasteiger partial charge in [-0.3, -0.25) is 0 Å².